The molecule has 0 fully saturated rings. The number of rotatable bonds is 8. The first kappa shape index (κ1) is 24.0. The van der Waals surface area contributed by atoms with Crippen molar-refractivity contribution in [3.05, 3.63) is 89.5 Å². The van der Waals surface area contributed by atoms with Crippen molar-refractivity contribution in [2.75, 3.05) is 27.4 Å². The molecule has 0 aromatic heterocycles. The summed E-state index contributed by atoms with van der Waals surface area (Å²) in [6.45, 7) is -0.0311. The predicted octanol–water partition coefficient (Wildman–Crippen LogP) is 3.35. The molecule has 0 atom stereocenters. The van der Waals surface area contributed by atoms with E-state index in [1.54, 1.807) is 55.6 Å². The fourth-order valence-corrected chi connectivity index (χ4v) is 4.72. The molecule has 3 aromatic rings. The Labute approximate surface area is 203 Å². The molecule has 180 valence electrons. The van der Waals surface area contributed by atoms with Gasteiger partial charge < -0.3 is 14.2 Å². The molecule has 0 aliphatic carbocycles. The Morgan fingerprint density at radius 2 is 1.60 bits per heavy atom. The van der Waals surface area contributed by atoms with Crippen LogP contribution in [0.5, 0.6) is 11.5 Å². The van der Waals surface area contributed by atoms with Crippen LogP contribution in [-0.2, 0) is 14.8 Å². The highest BCUT2D eigenvalue weighted by molar-refractivity contribution is 7.90. The van der Waals surface area contributed by atoms with E-state index >= 15 is 0 Å². The van der Waals surface area contributed by atoms with Gasteiger partial charge in [-0.1, -0.05) is 36.4 Å². The Morgan fingerprint density at radius 1 is 0.943 bits per heavy atom. The summed E-state index contributed by atoms with van der Waals surface area (Å²) in [6, 6.07) is 20.5. The Balaban J connectivity index is 1.60. The van der Waals surface area contributed by atoms with E-state index in [2.05, 4.69) is 9.50 Å². The summed E-state index contributed by atoms with van der Waals surface area (Å²) in [5.41, 5.74) is 1.38. The van der Waals surface area contributed by atoms with Crippen molar-refractivity contribution in [2.45, 2.75) is 4.90 Å². The quantitative estimate of drug-likeness (QED) is 0.269. The maximum Gasteiger partial charge on any atom is 0.341 e. The minimum absolute atomic E-state index is 0.0508. The minimum atomic E-state index is -3.87. The first-order valence-corrected chi connectivity index (χ1v) is 12.1. The van der Waals surface area contributed by atoms with Crippen LogP contribution in [0.2, 0.25) is 0 Å². The Hall–Kier alpha value is -4.18. The number of fused-ring (bicyclic) bond motifs is 1. The summed E-state index contributed by atoms with van der Waals surface area (Å²) in [5.74, 6) is 0.557. The van der Waals surface area contributed by atoms with Crippen LogP contribution in [0, 0.1) is 0 Å². The van der Waals surface area contributed by atoms with E-state index in [0.29, 0.717) is 22.6 Å². The predicted molar refractivity (Wildman–Crippen MR) is 131 cm³/mol. The third-order valence-corrected chi connectivity index (χ3v) is 6.52. The van der Waals surface area contributed by atoms with Crippen LogP contribution in [-0.4, -0.2) is 58.8 Å². The van der Waals surface area contributed by atoms with Crippen molar-refractivity contribution in [3.63, 3.8) is 0 Å². The van der Waals surface area contributed by atoms with Gasteiger partial charge in [-0.05, 0) is 36.4 Å². The second kappa shape index (κ2) is 10.4. The highest BCUT2D eigenvalue weighted by Crippen LogP contribution is 2.28. The van der Waals surface area contributed by atoms with Crippen molar-refractivity contribution < 1.29 is 27.4 Å². The summed E-state index contributed by atoms with van der Waals surface area (Å²) in [5, 5.41) is 5.86. The fraction of sp³-hybridized carbons (Fsp3) is 0.160. The highest BCUT2D eigenvalue weighted by Gasteiger charge is 2.31. The molecular formula is C25H23N3O6S. The SMILES string of the molecule is COc1ccccc1C=NN(CCOC(=O)c1ccccc1OC)C1=NS(=O)(=O)c2ccccc21. The van der Waals surface area contributed by atoms with Crippen LogP contribution >= 0.6 is 0 Å². The monoisotopic (exact) mass is 493 g/mol. The molecule has 1 aliphatic rings. The molecule has 0 unspecified atom stereocenters. The second-order valence-corrected chi connectivity index (χ2v) is 8.90. The average Bonchev–Trinajstić information content (AvgIpc) is 3.16. The lowest BCUT2D eigenvalue weighted by atomic mass is 10.2. The highest BCUT2D eigenvalue weighted by atomic mass is 32.2. The molecule has 10 heteroatoms. The van der Waals surface area contributed by atoms with E-state index in [0.717, 1.165) is 0 Å². The summed E-state index contributed by atoms with van der Waals surface area (Å²) in [6.07, 6.45) is 1.54. The number of ether oxygens (including phenoxy) is 3. The number of esters is 1. The standard InChI is InChI=1S/C25H23N3O6S/c1-32-21-12-6-3-9-18(21)17-26-28(24-20-11-5-8-14-23(20)35(30,31)27-24)15-16-34-25(29)19-10-4-7-13-22(19)33-2/h3-14,17H,15-16H2,1-2H3. The second-order valence-electron chi connectivity index (χ2n) is 7.33. The molecule has 9 nitrogen and oxygen atoms in total. The number of hydrazone groups is 1. The molecule has 4 rings (SSSR count). The number of amidine groups is 1. The van der Waals surface area contributed by atoms with E-state index in [4.69, 9.17) is 14.2 Å². The van der Waals surface area contributed by atoms with Crippen LogP contribution in [0.1, 0.15) is 21.5 Å². The summed E-state index contributed by atoms with van der Waals surface area (Å²) < 4.78 is 45.1. The number of carbonyl (C=O) groups is 1. The van der Waals surface area contributed by atoms with Gasteiger partial charge in [-0.2, -0.15) is 13.5 Å². The Kier molecular flexibility index (Phi) is 7.11. The zero-order valence-electron chi connectivity index (χ0n) is 19.1. The number of benzene rings is 3. The van der Waals surface area contributed by atoms with Crippen LogP contribution in [0.25, 0.3) is 0 Å². The normalized spacial score (nSPS) is 13.7. The lowest BCUT2D eigenvalue weighted by Crippen LogP contribution is -2.30. The van der Waals surface area contributed by atoms with E-state index in [1.807, 2.05) is 18.2 Å². The first-order valence-electron chi connectivity index (χ1n) is 10.6. The molecule has 3 aromatic carbocycles. The van der Waals surface area contributed by atoms with Gasteiger partial charge in [0, 0.05) is 11.1 Å². The first-order chi connectivity index (χ1) is 16.9. The van der Waals surface area contributed by atoms with Crippen LogP contribution in [0.15, 0.2) is 87.2 Å². The summed E-state index contributed by atoms with van der Waals surface area (Å²) in [4.78, 5) is 12.7. The molecule has 0 saturated carbocycles. The summed E-state index contributed by atoms with van der Waals surface area (Å²) >= 11 is 0. The number of carbonyl (C=O) groups excluding carboxylic acids is 1. The van der Waals surface area contributed by atoms with Crippen LogP contribution in [0.3, 0.4) is 0 Å². The largest absolute Gasteiger partial charge is 0.496 e. The van der Waals surface area contributed by atoms with Gasteiger partial charge in [0.05, 0.1) is 27.0 Å². The molecular weight excluding hydrogens is 470 g/mol. The number of sulfonamides is 1. The van der Waals surface area contributed by atoms with E-state index in [-0.39, 0.29) is 29.4 Å². The molecule has 0 N–H and O–H groups in total. The topological polar surface area (TPSA) is 107 Å². The lowest BCUT2D eigenvalue weighted by Gasteiger charge is -2.19. The summed E-state index contributed by atoms with van der Waals surface area (Å²) in [7, 11) is -0.849. The fourth-order valence-electron chi connectivity index (χ4n) is 3.51. The number of para-hydroxylation sites is 2. The van der Waals surface area contributed by atoms with Crippen molar-refractivity contribution in [1.29, 1.82) is 0 Å². The van der Waals surface area contributed by atoms with Gasteiger partial charge in [0.1, 0.15) is 28.6 Å². The third-order valence-electron chi connectivity index (χ3n) is 5.20. The van der Waals surface area contributed by atoms with E-state index < -0.39 is 16.0 Å². The van der Waals surface area contributed by atoms with Crippen LogP contribution < -0.4 is 9.47 Å². The van der Waals surface area contributed by atoms with Gasteiger partial charge in [-0.3, -0.25) is 0 Å². The van der Waals surface area contributed by atoms with Gasteiger partial charge in [0.2, 0.25) is 0 Å². The smallest absolute Gasteiger partial charge is 0.341 e. The molecule has 0 radical (unpaired) electrons. The molecule has 0 spiro atoms. The maximum atomic E-state index is 12.6. The molecule has 0 amide bonds. The Bertz CT molecular complexity index is 1400. The molecule has 0 bridgehead atoms. The minimum Gasteiger partial charge on any atom is -0.496 e. The van der Waals surface area contributed by atoms with Gasteiger partial charge in [0.15, 0.2) is 5.84 Å². The number of nitrogens with zero attached hydrogens (tertiary/aromatic N) is 3. The van der Waals surface area contributed by atoms with Gasteiger partial charge >= 0.3 is 5.97 Å². The molecule has 1 heterocycles. The van der Waals surface area contributed by atoms with Crippen molar-refractivity contribution in [2.24, 2.45) is 9.50 Å². The third kappa shape index (κ3) is 5.17. The van der Waals surface area contributed by atoms with Crippen molar-refractivity contribution >= 4 is 28.0 Å². The Morgan fingerprint density at radius 3 is 2.37 bits per heavy atom. The van der Waals surface area contributed by atoms with Gasteiger partial charge in [-0.25, -0.2) is 9.80 Å². The maximum absolute atomic E-state index is 12.6. The van der Waals surface area contributed by atoms with Gasteiger partial charge in [0.25, 0.3) is 10.0 Å². The number of hydrogen-bond acceptors (Lipinski definition) is 8. The zero-order valence-corrected chi connectivity index (χ0v) is 19.9. The zero-order chi connectivity index (χ0) is 24.8. The van der Waals surface area contributed by atoms with Crippen molar-refractivity contribution in [3.8, 4) is 11.5 Å². The van der Waals surface area contributed by atoms with E-state index in [1.165, 1.54) is 24.4 Å². The van der Waals surface area contributed by atoms with Gasteiger partial charge in [-0.15, -0.1) is 4.40 Å². The van der Waals surface area contributed by atoms with Crippen molar-refractivity contribution in [1.82, 2.24) is 5.01 Å². The number of methoxy groups -OCH3 is 2. The molecule has 35 heavy (non-hydrogen) atoms. The number of hydrogen-bond donors (Lipinski definition) is 0. The molecule has 1 aliphatic heterocycles. The molecule has 0 saturated heterocycles. The average molecular weight is 494 g/mol. The van der Waals surface area contributed by atoms with Crippen LogP contribution in [0.4, 0.5) is 0 Å². The lowest BCUT2D eigenvalue weighted by molar-refractivity contribution is 0.0483. The van der Waals surface area contributed by atoms with E-state index in [9.17, 15) is 13.2 Å².